The molecule has 2 fully saturated rings. The highest BCUT2D eigenvalue weighted by Gasteiger charge is 2.38. The average Bonchev–Trinajstić information content (AvgIpc) is 3.00. The second kappa shape index (κ2) is 14.5. The van der Waals surface area contributed by atoms with Crippen LogP contribution in [0.3, 0.4) is 0 Å². The number of piperazine rings is 1. The number of rotatable bonds is 10. The van der Waals surface area contributed by atoms with Crippen LogP contribution in [0, 0.1) is 17.6 Å². The van der Waals surface area contributed by atoms with Crippen molar-refractivity contribution in [2.45, 2.75) is 61.9 Å². The van der Waals surface area contributed by atoms with E-state index in [0.29, 0.717) is 49.0 Å². The minimum absolute atomic E-state index is 0.0104. The highest BCUT2D eigenvalue weighted by Crippen LogP contribution is 2.36. The van der Waals surface area contributed by atoms with E-state index in [9.17, 15) is 17.6 Å². The molecule has 2 aliphatic rings. The smallest absolute Gasteiger partial charge is 0.243 e. The van der Waals surface area contributed by atoms with E-state index in [0.717, 1.165) is 30.5 Å². The highest BCUT2D eigenvalue weighted by molar-refractivity contribution is 7.89. The third-order valence-electron chi connectivity index (χ3n) is 8.66. The number of sulfonamides is 1. The Hall–Kier alpha value is -2.89. The second-order valence-electron chi connectivity index (χ2n) is 11.6. The zero-order valence-electron chi connectivity index (χ0n) is 24.6. The number of benzene rings is 3. The number of nitrogens with one attached hydrogen (secondary N) is 2. The molecule has 0 aromatic heterocycles. The summed E-state index contributed by atoms with van der Waals surface area (Å²) >= 11 is 6.12. The van der Waals surface area contributed by atoms with Gasteiger partial charge in [0, 0.05) is 61.1 Å². The van der Waals surface area contributed by atoms with Crippen molar-refractivity contribution in [1.29, 1.82) is 0 Å². The number of carbonyl (C=O) groups is 1. The molecule has 3 aromatic rings. The van der Waals surface area contributed by atoms with Gasteiger partial charge in [-0.05, 0) is 98.5 Å². The van der Waals surface area contributed by atoms with Gasteiger partial charge in [-0.25, -0.2) is 17.2 Å². The van der Waals surface area contributed by atoms with Gasteiger partial charge in [-0.3, -0.25) is 4.79 Å². The normalized spacial score (nSPS) is 20.7. The minimum atomic E-state index is -3.93. The van der Waals surface area contributed by atoms with Gasteiger partial charge in [-0.15, -0.1) is 0 Å². The van der Waals surface area contributed by atoms with Crippen molar-refractivity contribution in [3.8, 4) is 0 Å². The van der Waals surface area contributed by atoms with Crippen molar-refractivity contribution in [3.63, 3.8) is 0 Å². The number of halogens is 3. The monoisotopic (exact) mass is 645 g/mol. The molecule has 44 heavy (non-hydrogen) atoms. The fourth-order valence-corrected chi connectivity index (χ4v) is 8.39. The molecular formula is C33H38ClF2N3O4S. The SMILES string of the molecule is C[C@@H]1CNC[C@H](CCc2c(F)cccc2NC(=O)C[C@@H](c2ccc(Cl)cc2)C2CCOCC2)N1S(=O)(=O)c1ccc(F)cc1. The quantitative estimate of drug-likeness (QED) is 0.277. The first kappa shape index (κ1) is 32.5. The number of ether oxygens (including phenoxy) is 1. The van der Waals surface area contributed by atoms with Crippen LogP contribution >= 0.6 is 11.6 Å². The molecule has 0 bridgehead atoms. The predicted octanol–water partition coefficient (Wildman–Crippen LogP) is 6.14. The molecular weight excluding hydrogens is 608 g/mol. The number of hydrogen-bond acceptors (Lipinski definition) is 5. The maximum atomic E-state index is 15.3. The number of hydrogen-bond donors (Lipinski definition) is 2. The lowest BCUT2D eigenvalue weighted by Crippen LogP contribution is -2.58. The summed E-state index contributed by atoms with van der Waals surface area (Å²) in [7, 11) is -3.93. The van der Waals surface area contributed by atoms with Gasteiger partial charge in [0.1, 0.15) is 11.6 Å². The highest BCUT2D eigenvalue weighted by atomic mass is 35.5. The van der Waals surface area contributed by atoms with Crippen LogP contribution in [0.1, 0.15) is 49.7 Å². The van der Waals surface area contributed by atoms with Crippen molar-refractivity contribution < 1.29 is 26.7 Å². The summed E-state index contributed by atoms with van der Waals surface area (Å²) in [6, 6.07) is 16.1. The molecule has 5 rings (SSSR count). The van der Waals surface area contributed by atoms with Gasteiger partial charge in [-0.2, -0.15) is 4.31 Å². The first-order valence-electron chi connectivity index (χ1n) is 15.0. The van der Waals surface area contributed by atoms with Gasteiger partial charge in [0.25, 0.3) is 0 Å². The molecule has 3 atom stereocenters. The lowest BCUT2D eigenvalue weighted by atomic mass is 9.79. The summed E-state index contributed by atoms with van der Waals surface area (Å²) in [5.41, 5.74) is 1.73. The van der Waals surface area contributed by atoms with Crippen molar-refractivity contribution in [2.24, 2.45) is 5.92 Å². The molecule has 0 spiro atoms. The van der Waals surface area contributed by atoms with Crippen molar-refractivity contribution in [2.75, 3.05) is 31.6 Å². The Morgan fingerprint density at radius 3 is 2.45 bits per heavy atom. The molecule has 0 saturated carbocycles. The van der Waals surface area contributed by atoms with Crippen molar-refractivity contribution in [1.82, 2.24) is 9.62 Å². The van der Waals surface area contributed by atoms with E-state index in [-0.39, 0.29) is 41.5 Å². The number of anilines is 1. The summed E-state index contributed by atoms with van der Waals surface area (Å²) in [6.45, 7) is 3.94. The number of carbonyl (C=O) groups excluding carboxylic acids is 1. The van der Waals surface area contributed by atoms with Gasteiger partial charge in [-0.1, -0.05) is 29.8 Å². The lowest BCUT2D eigenvalue weighted by Gasteiger charge is -2.40. The molecule has 0 radical (unpaired) electrons. The summed E-state index contributed by atoms with van der Waals surface area (Å²) < 4.78 is 63.0. The van der Waals surface area contributed by atoms with Crippen LogP contribution in [0.2, 0.25) is 5.02 Å². The molecule has 2 saturated heterocycles. The Bertz CT molecular complexity index is 1530. The average molecular weight is 646 g/mol. The van der Waals surface area contributed by atoms with Crippen molar-refractivity contribution >= 4 is 33.2 Å². The molecule has 0 aliphatic carbocycles. The number of nitrogens with zero attached hydrogens (tertiary/aromatic N) is 1. The molecule has 2 heterocycles. The van der Waals surface area contributed by atoms with Gasteiger partial charge >= 0.3 is 0 Å². The molecule has 1 amide bonds. The van der Waals surface area contributed by atoms with E-state index in [1.807, 2.05) is 31.2 Å². The zero-order valence-corrected chi connectivity index (χ0v) is 26.2. The van der Waals surface area contributed by atoms with E-state index in [1.54, 1.807) is 12.1 Å². The molecule has 0 unspecified atom stereocenters. The van der Waals surface area contributed by atoms with Crippen LogP contribution < -0.4 is 10.6 Å². The predicted molar refractivity (Wildman–Crippen MR) is 167 cm³/mol. The van der Waals surface area contributed by atoms with E-state index in [4.69, 9.17) is 16.3 Å². The van der Waals surface area contributed by atoms with Crippen LogP contribution in [0.25, 0.3) is 0 Å². The number of amides is 1. The topological polar surface area (TPSA) is 87.7 Å². The van der Waals surface area contributed by atoms with Crippen molar-refractivity contribution in [3.05, 3.63) is 94.5 Å². The molecule has 11 heteroatoms. The van der Waals surface area contributed by atoms with Gasteiger partial charge in [0.15, 0.2) is 0 Å². The molecule has 3 aromatic carbocycles. The van der Waals surface area contributed by atoms with Gasteiger partial charge in [0.2, 0.25) is 15.9 Å². The van der Waals surface area contributed by atoms with Crippen LogP contribution in [0.4, 0.5) is 14.5 Å². The summed E-state index contributed by atoms with van der Waals surface area (Å²) in [5, 5.41) is 6.85. The fraction of sp³-hybridized carbons (Fsp3) is 0.424. The first-order valence-corrected chi connectivity index (χ1v) is 16.9. The lowest BCUT2D eigenvalue weighted by molar-refractivity contribution is -0.117. The van der Waals surface area contributed by atoms with E-state index >= 15 is 4.39 Å². The van der Waals surface area contributed by atoms with Crippen LogP contribution in [0.15, 0.2) is 71.6 Å². The van der Waals surface area contributed by atoms with Crippen LogP contribution in [-0.2, 0) is 26.0 Å². The summed E-state index contributed by atoms with van der Waals surface area (Å²) in [6.07, 6.45) is 2.43. The Labute approximate surface area is 263 Å². The molecule has 236 valence electrons. The Morgan fingerprint density at radius 1 is 1.05 bits per heavy atom. The van der Waals surface area contributed by atoms with Crippen LogP contribution in [-0.4, -0.2) is 57.0 Å². The Kier molecular flexibility index (Phi) is 10.7. The first-order chi connectivity index (χ1) is 21.1. The third-order valence-corrected chi connectivity index (χ3v) is 11.0. The van der Waals surface area contributed by atoms with Gasteiger partial charge < -0.3 is 15.4 Å². The fourth-order valence-electron chi connectivity index (χ4n) is 6.42. The van der Waals surface area contributed by atoms with Crippen LogP contribution in [0.5, 0.6) is 0 Å². The summed E-state index contributed by atoms with van der Waals surface area (Å²) in [5.74, 6) is -0.996. The minimum Gasteiger partial charge on any atom is -0.381 e. The van der Waals surface area contributed by atoms with E-state index in [2.05, 4.69) is 10.6 Å². The largest absolute Gasteiger partial charge is 0.381 e. The zero-order chi connectivity index (χ0) is 31.3. The maximum Gasteiger partial charge on any atom is 0.243 e. The second-order valence-corrected chi connectivity index (χ2v) is 13.9. The molecule has 2 N–H and O–H groups in total. The third kappa shape index (κ3) is 7.66. The van der Waals surface area contributed by atoms with Gasteiger partial charge in [0.05, 0.1) is 4.90 Å². The Morgan fingerprint density at radius 2 is 1.75 bits per heavy atom. The summed E-state index contributed by atoms with van der Waals surface area (Å²) in [4.78, 5) is 13.5. The molecule has 7 nitrogen and oxygen atoms in total. The Balaban J connectivity index is 1.32. The van der Waals surface area contributed by atoms with E-state index < -0.39 is 27.7 Å². The molecule has 2 aliphatic heterocycles. The van der Waals surface area contributed by atoms with E-state index in [1.165, 1.54) is 22.5 Å². The standard InChI is InChI=1S/C33H38ClF2N3O4S/c1-22-20-37-21-27(39(22)44(41,42)28-12-9-26(35)10-13-28)11-14-29-31(36)3-2-4-32(29)38-33(40)19-30(24-15-17-43-18-16-24)23-5-7-25(34)8-6-23/h2-10,12-13,22,24,27,30,37H,11,14-21H2,1H3,(H,38,40)/t22-,27+,30+/m1/s1. The maximum absolute atomic E-state index is 15.3.